The van der Waals surface area contributed by atoms with Crippen molar-refractivity contribution in [1.29, 1.82) is 0 Å². The summed E-state index contributed by atoms with van der Waals surface area (Å²) in [6.07, 6.45) is 36.7. The molecule has 1 rings (SSSR count). The summed E-state index contributed by atoms with van der Waals surface area (Å²) >= 11 is 0. The van der Waals surface area contributed by atoms with Gasteiger partial charge in [0.25, 0.3) is 0 Å². The number of hydrogen-bond donors (Lipinski definition) is 2. The normalized spacial score (nSPS) is 11.8. The molecule has 3 nitrogen and oxygen atoms in total. The SMILES string of the molecule is CCCCCCC.CCCCCCC.CCCCCCC.CCCCCCC.O=C(O)CCCCCCNC1CCC1. The van der Waals surface area contributed by atoms with Crippen molar-refractivity contribution >= 4 is 5.97 Å². The average Bonchev–Trinajstić information content (AvgIpc) is 2.96. The fourth-order valence-electron chi connectivity index (χ4n) is 4.38. The van der Waals surface area contributed by atoms with Gasteiger partial charge in [0.2, 0.25) is 0 Å². The van der Waals surface area contributed by atoms with Gasteiger partial charge in [-0.15, -0.1) is 0 Å². The molecule has 2 N–H and O–H groups in total. The van der Waals surface area contributed by atoms with Crippen LogP contribution < -0.4 is 5.32 Å². The second-order valence-corrected chi connectivity index (χ2v) is 12.4. The molecule has 1 aliphatic carbocycles. The molecular formula is C39H85NO2. The van der Waals surface area contributed by atoms with Crippen LogP contribution >= 0.6 is 0 Å². The van der Waals surface area contributed by atoms with Crippen molar-refractivity contribution < 1.29 is 9.90 Å². The van der Waals surface area contributed by atoms with Gasteiger partial charge in [-0.3, -0.25) is 4.79 Å². The zero-order valence-corrected chi connectivity index (χ0v) is 30.9. The first-order valence-electron chi connectivity index (χ1n) is 19.4. The molecule has 0 atom stereocenters. The maximum atomic E-state index is 10.2. The van der Waals surface area contributed by atoms with E-state index in [1.54, 1.807) is 0 Å². The van der Waals surface area contributed by atoms with Gasteiger partial charge in [-0.05, 0) is 32.2 Å². The van der Waals surface area contributed by atoms with E-state index in [0.717, 1.165) is 31.8 Å². The van der Waals surface area contributed by atoms with Gasteiger partial charge in [-0.2, -0.15) is 0 Å². The van der Waals surface area contributed by atoms with E-state index in [9.17, 15) is 4.79 Å². The lowest BCUT2D eigenvalue weighted by Crippen LogP contribution is -2.35. The van der Waals surface area contributed by atoms with Crippen LogP contribution in [0.5, 0.6) is 0 Å². The van der Waals surface area contributed by atoms with Crippen LogP contribution in [0.1, 0.15) is 235 Å². The van der Waals surface area contributed by atoms with Crippen LogP contribution in [0.2, 0.25) is 0 Å². The van der Waals surface area contributed by atoms with Gasteiger partial charge in [0.05, 0.1) is 0 Å². The third-order valence-corrected chi connectivity index (χ3v) is 7.68. The summed E-state index contributed by atoms with van der Waals surface area (Å²) in [4.78, 5) is 10.2. The predicted molar refractivity (Wildman–Crippen MR) is 194 cm³/mol. The molecule has 1 saturated carbocycles. The Kier molecular flexibility index (Phi) is 57.6. The second-order valence-electron chi connectivity index (χ2n) is 12.4. The van der Waals surface area contributed by atoms with Gasteiger partial charge in [0.15, 0.2) is 0 Å². The first-order valence-corrected chi connectivity index (χ1v) is 19.4. The minimum atomic E-state index is -0.669. The number of carbonyl (C=O) groups is 1. The lowest BCUT2D eigenvalue weighted by Gasteiger charge is -2.26. The molecule has 0 radical (unpaired) electrons. The summed E-state index contributed by atoms with van der Waals surface area (Å²) in [6.45, 7) is 19.1. The maximum Gasteiger partial charge on any atom is 0.303 e. The highest BCUT2D eigenvalue weighted by Crippen LogP contribution is 2.17. The number of hydrogen-bond acceptors (Lipinski definition) is 2. The average molecular weight is 600 g/mol. The minimum absolute atomic E-state index is 0.329. The molecule has 1 aliphatic rings. The summed E-state index contributed by atoms with van der Waals surface area (Å²) in [6, 6.07) is 0.786. The van der Waals surface area contributed by atoms with E-state index >= 15 is 0 Å². The molecule has 3 heteroatoms. The van der Waals surface area contributed by atoms with Gasteiger partial charge in [0.1, 0.15) is 0 Å². The smallest absolute Gasteiger partial charge is 0.303 e. The molecule has 42 heavy (non-hydrogen) atoms. The molecule has 0 aromatic carbocycles. The number of nitrogens with one attached hydrogen (secondary N) is 1. The minimum Gasteiger partial charge on any atom is -0.481 e. The Balaban J connectivity index is -0.000000225. The fraction of sp³-hybridized carbons (Fsp3) is 0.974. The first kappa shape index (κ1) is 48.3. The monoisotopic (exact) mass is 600 g/mol. The van der Waals surface area contributed by atoms with Gasteiger partial charge in [-0.1, -0.05) is 203 Å². The number of rotatable bonds is 24. The van der Waals surface area contributed by atoms with E-state index in [0.29, 0.717) is 6.42 Å². The van der Waals surface area contributed by atoms with E-state index in [1.165, 1.54) is 154 Å². The highest BCUT2D eigenvalue weighted by atomic mass is 16.4. The molecule has 0 aromatic heterocycles. The van der Waals surface area contributed by atoms with Crippen molar-refractivity contribution in [2.45, 2.75) is 241 Å². The summed E-state index contributed by atoms with van der Waals surface area (Å²) < 4.78 is 0. The number of carboxylic acid groups (broad SMARTS) is 1. The highest BCUT2D eigenvalue weighted by molar-refractivity contribution is 5.66. The highest BCUT2D eigenvalue weighted by Gasteiger charge is 2.15. The molecule has 0 aromatic rings. The van der Waals surface area contributed by atoms with E-state index in [-0.39, 0.29) is 0 Å². The molecule has 1 fully saturated rings. The summed E-state index contributed by atoms with van der Waals surface area (Å²) in [5, 5.41) is 11.9. The third-order valence-electron chi connectivity index (χ3n) is 7.68. The molecule has 0 spiro atoms. The van der Waals surface area contributed by atoms with Crippen molar-refractivity contribution in [3.05, 3.63) is 0 Å². The largest absolute Gasteiger partial charge is 0.481 e. The van der Waals surface area contributed by atoms with Crippen molar-refractivity contribution in [2.24, 2.45) is 0 Å². The Bertz CT molecular complexity index is 367. The Morgan fingerprint density at radius 2 is 0.762 bits per heavy atom. The zero-order valence-electron chi connectivity index (χ0n) is 30.9. The van der Waals surface area contributed by atoms with E-state index < -0.39 is 5.97 Å². The molecule has 258 valence electrons. The molecule has 0 unspecified atom stereocenters. The van der Waals surface area contributed by atoms with Crippen LogP contribution in [-0.4, -0.2) is 23.7 Å². The summed E-state index contributed by atoms with van der Waals surface area (Å²) in [5.41, 5.74) is 0. The summed E-state index contributed by atoms with van der Waals surface area (Å²) in [7, 11) is 0. The topological polar surface area (TPSA) is 49.3 Å². The number of unbranched alkanes of at least 4 members (excludes halogenated alkanes) is 19. The van der Waals surface area contributed by atoms with Crippen LogP contribution in [0.25, 0.3) is 0 Å². The van der Waals surface area contributed by atoms with Crippen molar-refractivity contribution in [2.75, 3.05) is 6.54 Å². The van der Waals surface area contributed by atoms with Crippen LogP contribution in [0, 0.1) is 0 Å². The zero-order chi connectivity index (χ0) is 32.4. The van der Waals surface area contributed by atoms with Crippen LogP contribution in [0.4, 0.5) is 0 Å². The molecular weight excluding hydrogens is 514 g/mol. The molecule has 0 saturated heterocycles. The van der Waals surface area contributed by atoms with Crippen LogP contribution in [0.15, 0.2) is 0 Å². The second kappa shape index (κ2) is 50.1. The number of carboxylic acids is 1. The standard InChI is InChI=1S/C11H21NO2.4C7H16/c13-11(14)8-3-1-2-4-9-12-10-6-5-7-10;4*1-3-5-7-6-4-2/h10,12H,1-9H2,(H,13,14);4*3-7H2,1-2H3. The van der Waals surface area contributed by atoms with Crippen molar-refractivity contribution in [3.63, 3.8) is 0 Å². The maximum absolute atomic E-state index is 10.2. The molecule has 0 aliphatic heterocycles. The lowest BCUT2D eigenvalue weighted by atomic mass is 9.93. The molecule has 0 bridgehead atoms. The summed E-state index contributed by atoms with van der Waals surface area (Å²) in [5.74, 6) is -0.669. The Morgan fingerprint density at radius 1 is 0.476 bits per heavy atom. The van der Waals surface area contributed by atoms with Crippen molar-refractivity contribution in [3.8, 4) is 0 Å². The van der Waals surface area contributed by atoms with Crippen LogP contribution in [-0.2, 0) is 4.79 Å². The lowest BCUT2D eigenvalue weighted by molar-refractivity contribution is -0.137. The van der Waals surface area contributed by atoms with Crippen molar-refractivity contribution in [1.82, 2.24) is 5.32 Å². The number of aliphatic carboxylic acids is 1. The van der Waals surface area contributed by atoms with E-state index in [1.807, 2.05) is 0 Å². The Labute approximate surface area is 268 Å². The van der Waals surface area contributed by atoms with E-state index in [2.05, 4.69) is 60.7 Å². The third kappa shape index (κ3) is 58.9. The Morgan fingerprint density at radius 3 is 1.00 bits per heavy atom. The predicted octanol–water partition coefficient (Wildman–Crippen LogP) is 14.1. The van der Waals surface area contributed by atoms with Gasteiger partial charge in [0, 0.05) is 12.5 Å². The molecule has 0 heterocycles. The fourth-order valence-corrected chi connectivity index (χ4v) is 4.38. The van der Waals surface area contributed by atoms with Crippen LogP contribution in [0.3, 0.4) is 0 Å². The van der Waals surface area contributed by atoms with Gasteiger partial charge >= 0.3 is 5.97 Å². The van der Waals surface area contributed by atoms with E-state index in [4.69, 9.17) is 5.11 Å². The molecule has 0 amide bonds. The quantitative estimate of drug-likeness (QED) is 0.108. The van der Waals surface area contributed by atoms with Gasteiger partial charge < -0.3 is 10.4 Å². The first-order chi connectivity index (χ1) is 20.4. The van der Waals surface area contributed by atoms with Gasteiger partial charge in [-0.25, -0.2) is 0 Å². The Hall–Kier alpha value is -0.570.